The Labute approximate surface area is 100.0 Å². The molecule has 0 aliphatic carbocycles. The number of hydrogen-bond acceptors (Lipinski definition) is 5. The molecule has 16 heavy (non-hydrogen) atoms. The van der Waals surface area contributed by atoms with Crippen LogP contribution < -0.4 is 5.32 Å². The van der Waals surface area contributed by atoms with Crippen LogP contribution in [0, 0.1) is 6.92 Å². The van der Waals surface area contributed by atoms with Gasteiger partial charge in [0.2, 0.25) is 0 Å². The van der Waals surface area contributed by atoms with Crippen molar-refractivity contribution in [1.82, 2.24) is 10.3 Å². The SMILES string of the molecule is Cc1csc(CNCC2COC(C)(C)O2)n1. The standard InChI is InChI=1S/C11H18N2O2S/c1-8-7-16-10(13-8)5-12-4-9-6-14-11(2,3)15-9/h7,9,12H,4-6H2,1-3H3. The van der Waals surface area contributed by atoms with Crippen LogP contribution in [0.3, 0.4) is 0 Å². The molecule has 1 aliphatic rings. The van der Waals surface area contributed by atoms with Crippen molar-refractivity contribution in [3.8, 4) is 0 Å². The van der Waals surface area contributed by atoms with Crippen LogP contribution in [0.15, 0.2) is 5.38 Å². The Bertz CT molecular complexity index is 352. The van der Waals surface area contributed by atoms with Gasteiger partial charge >= 0.3 is 0 Å². The number of rotatable bonds is 4. The molecule has 1 aliphatic heterocycles. The molecule has 1 aromatic rings. The predicted octanol–water partition coefficient (Wildman–Crippen LogP) is 1.69. The molecule has 2 rings (SSSR count). The Morgan fingerprint density at radius 2 is 2.44 bits per heavy atom. The van der Waals surface area contributed by atoms with Crippen molar-refractivity contribution >= 4 is 11.3 Å². The van der Waals surface area contributed by atoms with Crippen LogP contribution in [-0.4, -0.2) is 30.0 Å². The number of aromatic nitrogens is 1. The van der Waals surface area contributed by atoms with Crippen LogP contribution in [0.25, 0.3) is 0 Å². The predicted molar refractivity (Wildman–Crippen MR) is 63.5 cm³/mol. The Morgan fingerprint density at radius 1 is 1.62 bits per heavy atom. The second-order valence-electron chi connectivity index (χ2n) is 4.46. The van der Waals surface area contributed by atoms with Crippen LogP contribution in [-0.2, 0) is 16.0 Å². The summed E-state index contributed by atoms with van der Waals surface area (Å²) in [5.41, 5.74) is 1.09. The van der Waals surface area contributed by atoms with E-state index >= 15 is 0 Å². The molecule has 0 bridgehead atoms. The van der Waals surface area contributed by atoms with Gasteiger partial charge in [0.15, 0.2) is 5.79 Å². The fourth-order valence-electron chi connectivity index (χ4n) is 1.69. The molecule has 0 amide bonds. The highest BCUT2D eigenvalue weighted by Gasteiger charge is 2.32. The Morgan fingerprint density at radius 3 is 3.00 bits per heavy atom. The average Bonchev–Trinajstić information content (AvgIpc) is 2.73. The zero-order valence-corrected chi connectivity index (χ0v) is 10.8. The average molecular weight is 242 g/mol. The number of aryl methyl sites for hydroxylation is 1. The number of nitrogens with one attached hydrogen (secondary N) is 1. The maximum atomic E-state index is 5.69. The number of ether oxygens (including phenoxy) is 2. The van der Waals surface area contributed by atoms with Crippen molar-refractivity contribution in [2.75, 3.05) is 13.2 Å². The summed E-state index contributed by atoms with van der Waals surface area (Å²) in [6.45, 7) is 8.17. The summed E-state index contributed by atoms with van der Waals surface area (Å²) in [7, 11) is 0. The highest BCUT2D eigenvalue weighted by atomic mass is 32.1. The summed E-state index contributed by atoms with van der Waals surface area (Å²) in [4.78, 5) is 4.39. The lowest BCUT2D eigenvalue weighted by molar-refractivity contribution is -0.137. The van der Waals surface area contributed by atoms with Crippen molar-refractivity contribution in [2.24, 2.45) is 0 Å². The van der Waals surface area contributed by atoms with Gasteiger partial charge in [0, 0.05) is 24.2 Å². The van der Waals surface area contributed by atoms with Crippen LogP contribution in [0.4, 0.5) is 0 Å². The van der Waals surface area contributed by atoms with Gasteiger partial charge in [0.05, 0.1) is 12.7 Å². The van der Waals surface area contributed by atoms with E-state index in [4.69, 9.17) is 9.47 Å². The minimum atomic E-state index is -0.426. The van der Waals surface area contributed by atoms with E-state index in [1.165, 1.54) is 0 Å². The third-order valence-electron chi connectivity index (χ3n) is 2.38. The minimum Gasteiger partial charge on any atom is -0.348 e. The first-order chi connectivity index (χ1) is 7.55. The molecule has 1 N–H and O–H groups in total. The largest absolute Gasteiger partial charge is 0.348 e. The van der Waals surface area contributed by atoms with Crippen molar-refractivity contribution in [3.05, 3.63) is 16.1 Å². The zero-order valence-electron chi connectivity index (χ0n) is 9.95. The van der Waals surface area contributed by atoms with Gasteiger partial charge in [-0.1, -0.05) is 0 Å². The molecular weight excluding hydrogens is 224 g/mol. The molecule has 2 heterocycles. The van der Waals surface area contributed by atoms with E-state index in [0.29, 0.717) is 6.61 Å². The monoisotopic (exact) mass is 242 g/mol. The summed E-state index contributed by atoms with van der Waals surface area (Å²) in [5.74, 6) is -0.426. The summed E-state index contributed by atoms with van der Waals surface area (Å²) >= 11 is 1.69. The lowest BCUT2D eigenvalue weighted by Crippen LogP contribution is -2.30. The van der Waals surface area contributed by atoms with Gasteiger partial charge in [-0.25, -0.2) is 4.98 Å². The van der Waals surface area contributed by atoms with E-state index in [1.807, 2.05) is 20.8 Å². The van der Waals surface area contributed by atoms with Gasteiger partial charge in [-0.3, -0.25) is 0 Å². The fraction of sp³-hybridized carbons (Fsp3) is 0.727. The number of nitrogens with zero attached hydrogens (tertiary/aromatic N) is 1. The van der Waals surface area contributed by atoms with Gasteiger partial charge in [-0.2, -0.15) is 0 Å². The molecule has 1 unspecified atom stereocenters. The molecule has 1 aromatic heterocycles. The summed E-state index contributed by atoms with van der Waals surface area (Å²) in [6.07, 6.45) is 0.149. The van der Waals surface area contributed by atoms with Gasteiger partial charge in [0.1, 0.15) is 5.01 Å². The Balaban J connectivity index is 1.69. The summed E-state index contributed by atoms with van der Waals surface area (Å²) in [6, 6.07) is 0. The van der Waals surface area contributed by atoms with Gasteiger partial charge in [-0.05, 0) is 20.8 Å². The van der Waals surface area contributed by atoms with Crippen molar-refractivity contribution in [1.29, 1.82) is 0 Å². The van der Waals surface area contributed by atoms with Gasteiger partial charge < -0.3 is 14.8 Å². The normalized spacial score (nSPS) is 23.8. The molecule has 0 saturated carbocycles. The van der Waals surface area contributed by atoms with Crippen molar-refractivity contribution in [2.45, 2.75) is 39.2 Å². The van der Waals surface area contributed by atoms with Gasteiger partial charge in [-0.15, -0.1) is 11.3 Å². The quantitative estimate of drug-likeness (QED) is 0.872. The molecule has 1 saturated heterocycles. The van der Waals surface area contributed by atoms with Crippen molar-refractivity contribution < 1.29 is 9.47 Å². The lowest BCUT2D eigenvalue weighted by atomic mass is 10.3. The first kappa shape index (κ1) is 12.0. The lowest BCUT2D eigenvalue weighted by Gasteiger charge is -2.17. The summed E-state index contributed by atoms with van der Waals surface area (Å²) in [5, 5.41) is 6.52. The van der Waals surface area contributed by atoms with E-state index in [2.05, 4.69) is 15.7 Å². The highest BCUT2D eigenvalue weighted by Crippen LogP contribution is 2.21. The third-order valence-corrected chi connectivity index (χ3v) is 3.35. The molecule has 90 valence electrons. The maximum absolute atomic E-state index is 5.69. The van der Waals surface area contributed by atoms with E-state index in [-0.39, 0.29) is 6.10 Å². The molecule has 1 atom stereocenters. The van der Waals surface area contributed by atoms with Crippen LogP contribution >= 0.6 is 11.3 Å². The van der Waals surface area contributed by atoms with Crippen LogP contribution in [0.2, 0.25) is 0 Å². The van der Waals surface area contributed by atoms with Crippen molar-refractivity contribution in [3.63, 3.8) is 0 Å². The summed E-state index contributed by atoms with van der Waals surface area (Å²) < 4.78 is 11.2. The maximum Gasteiger partial charge on any atom is 0.163 e. The van der Waals surface area contributed by atoms with E-state index < -0.39 is 5.79 Å². The molecule has 0 aromatic carbocycles. The van der Waals surface area contributed by atoms with Crippen LogP contribution in [0.5, 0.6) is 0 Å². The molecule has 1 fully saturated rings. The number of thiazole rings is 1. The molecule has 4 nitrogen and oxygen atoms in total. The topological polar surface area (TPSA) is 43.4 Å². The third kappa shape index (κ3) is 3.25. The number of hydrogen-bond donors (Lipinski definition) is 1. The van der Waals surface area contributed by atoms with E-state index in [9.17, 15) is 0 Å². The first-order valence-electron chi connectivity index (χ1n) is 5.49. The first-order valence-corrected chi connectivity index (χ1v) is 6.37. The van der Waals surface area contributed by atoms with Gasteiger partial charge in [0.25, 0.3) is 0 Å². The van der Waals surface area contributed by atoms with Crippen LogP contribution in [0.1, 0.15) is 24.5 Å². The minimum absolute atomic E-state index is 0.149. The van der Waals surface area contributed by atoms with E-state index in [0.717, 1.165) is 23.8 Å². The fourth-order valence-corrected chi connectivity index (χ4v) is 2.43. The van der Waals surface area contributed by atoms with E-state index in [1.54, 1.807) is 11.3 Å². The molecule has 0 spiro atoms. The Hall–Kier alpha value is -0.490. The highest BCUT2D eigenvalue weighted by molar-refractivity contribution is 7.09. The second-order valence-corrected chi connectivity index (χ2v) is 5.41. The second kappa shape index (κ2) is 4.79. The zero-order chi connectivity index (χ0) is 11.6. The Kier molecular flexibility index (Phi) is 3.59. The molecule has 0 radical (unpaired) electrons. The molecule has 5 heteroatoms. The smallest absolute Gasteiger partial charge is 0.163 e. The molecular formula is C11H18N2O2S.